The highest BCUT2D eigenvalue weighted by atomic mass is 35.5. The lowest BCUT2D eigenvalue weighted by Crippen LogP contribution is -2.61. The number of carbonyl (C=O) groups is 1. The van der Waals surface area contributed by atoms with E-state index in [2.05, 4.69) is 15.4 Å². The van der Waals surface area contributed by atoms with Gasteiger partial charge in [0.2, 0.25) is 0 Å². The maximum atomic E-state index is 11.7. The van der Waals surface area contributed by atoms with Gasteiger partial charge in [0.25, 0.3) is 0 Å². The SMILES string of the molecule is COc1ccc(CC2(N3CCC(O)CC3)NN=C(N)c3ccc(C(=O)O)cc32)cc1Cl. The Kier molecular flexibility index (Phi) is 5.79. The number of hydrogen-bond acceptors (Lipinski definition) is 7. The molecular weight excluding hydrogens is 420 g/mol. The average molecular weight is 445 g/mol. The molecule has 0 aromatic heterocycles. The Morgan fingerprint density at radius 1 is 1.32 bits per heavy atom. The number of methoxy groups -OCH3 is 1. The molecule has 9 heteroatoms. The van der Waals surface area contributed by atoms with E-state index in [4.69, 9.17) is 22.1 Å². The summed E-state index contributed by atoms with van der Waals surface area (Å²) in [5, 5.41) is 24.5. The van der Waals surface area contributed by atoms with Crippen LogP contribution in [0, 0.1) is 0 Å². The number of halogens is 1. The van der Waals surface area contributed by atoms with E-state index in [0.717, 1.165) is 11.1 Å². The number of piperidine rings is 1. The fourth-order valence-corrected chi connectivity index (χ4v) is 4.65. The van der Waals surface area contributed by atoms with Crippen LogP contribution < -0.4 is 15.9 Å². The highest BCUT2D eigenvalue weighted by molar-refractivity contribution is 6.32. The molecule has 1 unspecified atom stereocenters. The third-order valence-electron chi connectivity index (χ3n) is 6.03. The van der Waals surface area contributed by atoms with Crippen molar-refractivity contribution in [1.29, 1.82) is 0 Å². The molecule has 0 radical (unpaired) electrons. The summed E-state index contributed by atoms with van der Waals surface area (Å²) in [7, 11) is 1.56. The molecule has 0 saturated carbocycles. The molecule has 1 fully saturated rings. The van der Waals surface area contributed by atoms with Crippen molar-refractivity contribution in [3.63, 3.8) is 0 Å². The number of carboxylic acid groups (broad SMARTS) is 1. The molecule has 2 aliphatic heterocycles. The fourth-order valence-electron chi connectivity index (χ4n) is 4.37. The van der Waals surface area contributed by atoms with Gasteiger partial charge in [-0.05, 0) is 48.7 Å². The van der Waals surface area contributed by atoms with Crippen LogP contribution in [0.4, 0.5) is 0 Å². The predicted molar refractivity (Wildman–Crippen MR) is 117 cm³/mol. The fraction of sp³-hybridized carbons (Fsp3) is 0.364. The van der Waals surface area contributed by atoms with E-state index in [-0.39, 0.29) is 11.7 Å². The molecule has 2 heterocycles. The van der Waals surface area contributed by atoms with Crippen LogP contribution in [0.1, 0.15) is 39.9 Å². The summed E-state index contributed by atoms with van der Waals surface area (Å²) in [4.78, 5) is 13.9. The Bertz CT molecular complexity index is 1040. The molecule has 8 nitrogen and oxygen atoms in total. The van der Waals surface area contributed by atoms with Gasteiger partial charge in [0, 0.05) is 30.6 Å². The van der Waals surface area contributed by atoms with Crippen molar-refractivity contribution in [2.45, 2.75) is 31.0 Å². The van der Waals surface area contributed by atoms with E-state index in [1.807, 2.05) is 12.1 Å². The molecular formula is C22H25ClN4O4. The minimum atomic E-state index is -1.01. The van der Waals surface area contributed by atoms with Gasteiger partial charge in [0.1, 0.15) is 11.4 Å². The summed E-state index contributed by atoms with van der Waals surface area (Å²) in [6, 6.07) is 10.5. The summed E-state index contributed by atoms with van der Waals surface area (Å²) >= 11 is 6.37. The van der Waals surface area contributed by atoms with Crippen LogP contribution in [0.25, 0.3) is 0 Å². The number of nitrogens with zero attached hydrogens (tertiary/aromatic N) is 2. The zero-order chi connectivity index (χ0) is 22.2. The van der Waals surface area contributed by atoms with Crippen molar-refractivity contribution in [1.82, 2.24) is 10.3 Å². The number of benzene rings is 2. The largest absolute Gasteiger partial charge is 0.495 e. The summed E-state index contributed by atoms with van der Waals surface area (Å²) in [5.74, 6) is -0.139. The predicted octanol–water partition coefficient (Wildman–Crippen LogP) is 2.12. The van der Waals surface area contributed by atoms with Gasteiger partial charge >= 0.3 is 5.97 Å². The highest BCUT2D eigenvalue weighted by Crippen LogP contribution is 2.38. The van der Waals surface area contributed by atoms with Crippen LogP contribution in [0.3, 0.4) is 0 Å². The first-order valence-corrected chi connectivity index (χ1v) is 10.5. The number of carboxylic acids is 1. The van der Waals surface area contributed by atoms with Gasteiger partial charge in [-0.3, -0.25) is 10.3 Å². The molecule has 31 heavy (non-hydrogen) atoms. The lowest BCUT2D eigenvalue weighted by atomic mass is 9.83. The quantitative estimate of drug-likeness (QED) is 0.557. The molecule has 1 saturated heterocycles. The van der Waals surface area contributed by atoms with Gasteiger partial charge < -0.3 is 20.7 Å². The number of hydrazone groups is 1. The molecule has 2 aromatic rings. The number of aromatic carboxylic acids is 1. The third-order valence-corrected chi connectivity index (χ3v) is 6.33. The third kappa shape index (κ3) is 3.94. The minimum Gasteiger partial charge on any atom is -0.495 e. The van der Waals surface area contributed by atoms with Crippen LogP contribution in [0.2, 0.25) is 5.02 Å². The number of rotatable bonds is 5. The van der Waals surface area contributed by atoms with Crippen LogP contribution >= 0.6 is 11.6 Å². The molecule has 0 amide bonds. The number of hydrogen-bond donors (Lipinski definition) is 4. The lowest BCUT2D eigenvalue weighted by molar-refractivity contribution is -0.00808. The van der Waals surface area contributed by atoms with Gasteiger partial charge in [-0.2, -0.15) is 5.10 Å². The molecule has 1 atom stereocenters. The van der Waals surface area contributed by atoms with Gasteiger partial charge in [-0.25, -0.2) is 4.79 Å². The number of nitrogens with one attached hydrogen (secondary N) is 1. The van der Waals surface area contributed by atoms with Crippen molar-refractivity contribution >= 4 is 23.4 Å². The second-order valence-electron chi connectivity index (χ2n) is 7.90. The molecule has 0 aliphatic carbocycles. The van der Waals surface area contributed by atoms with Crippen molar-refractivity contribution in [3.05, 3.63) is 63.7 Å². The summed E-state index contributed by atoms with van der Waals surface area (Å²) < 4.78 is 5.27. The second-order valence-corrected chi connectivity index (χ2v) is 8.31. The molecule has 2 aromatic carbocycles. The maximum absolute atomic E-state index is 11.7. The van der Waals surface area contributed by atoms with E-state index < -0.39 is 11.6 Å². The van der Waals surface area contributed by atoms with Crippen molar-refractivity contribution in [2.75, 3.05) is 20.2 Å². The standard InChI is InChI=1S/C22H25ClN4O4/c1-31-19-5-2-13(10-18(19)23)12-22(27-8-6-15(28)7-9-27)17-11-14(21(29)30)3-4-16(17)20(24)25-26-22/h2-5,10-11,15,26,28H,6-9,12H2,1H3,(H2,24,25)(H,29,30). The zero-order valence-corrected chi connectivity index (χ0v) is 17.9. The van der Waals surface area contributed by atoms with Gasteiger partial charge in [-0.15, -0.1) is 0 Å². The van der Waals surface area contributed by atoms with Gasteiger partial charge in [-0.1, -0.05) is 17.7 Å². The van der Waals surface area contributed by atoms with E-state index >= 15 is 0 Å². The highest BCUT2D eigenvalue weighted by Gasteiger charge is 2.44. The Labute approximate surface area is 185 Å². The van der Waals surface area contributed by atoms with Crippen molar-refractivity contribution < 1.29 is 19.7 Å². The topological polar surface area (TPSA) is 120 Å². The number of aliphatic hydroxyl groups is 1. The second kappa shape index (κ2) is 8.37. The van der Waals surface area contributed by atoms with Crippen LogP contribution in [-0.2, 0) is 12.1 Å². The van der Waals surface area contributed by atoms with E-state index in [9.17, 15) is 15.0 Å². The minimum absolute atomic E-state index is 0.171. The smallest absolute Gasteiger partial charge is 0.335 e. The first-order chi connectivity index (χ1) is 14.8. The van der Waals surface area contributed by atoms with Crippen LogP contribution in [-0.4, -0.2) is 53.2 Å². The van der Waals surface area contributed by atoms with E-state index in [0.29, 0.717) is 54.5 Å². The molecule has 5 N–H and O–H groups in total. The van der Waals surface area contributed by atoms with Crippen molar-refractivity contribution in [2.24, 2.45) is 10.8 Å². The molecule has 4 rings (SSSR count). The zero-order valence-electron chi connectivity index (χ0n) is 17.1. The number of ether oxygens (including phenoxy) is 1. The summed E-state index contributed by atoms with van der Waals surface area (Å²) in [6.07, 6.45) is 1.32. The van der Waals surface area contributed by atoms with Gasteiger partial charge in [0.15, 0.2) is 5.84 Å². The Morgan fingerprint density at radius 2 is 2.06 bits per heavy atom. The number of amidine groups is 1. The van der Waals surface area contributed by atoms with Crippen LogP contribution in [0.15, 0.2) is 41.5 Å². The Morgan fingerprint density at radius 3 is 2.71 bits per heavy atom. The van der Waals surface area contributed by atoms with Gasteiger partial charge in [0.05, 0.1) is 23.8 Å². The molecule has 0 spiro atoms. The number of aliphatic hydroxyl groups excluding tert-OH is 1. The van der Waals surface area contributed by atoms with Crippen molar-refractivity contribution in [3.8, 4) is 5.75 Å². The number of nitrogens with two attached hydrogens (primary N) is 1. The monoisotopic (exact) mass is 444 g/mol. The van der Waals surface area contributed by atoms with E-state index in [1.165, 1.54) is 6.07 Å². The summed E-state index contributed by atoms with van der Waals surface area (Å²) in [5.41, 5.74) is 11.0. The number of fused-ring (bicyclic) bond motifs is 1. The lowest BCUT2D eigenvalue weighted by Gasteiger charge is -2.48. The first kappa shape index (κ1) is 21.4. The first-order valence-electron chi connectivity index (χ1n) is 10.1. The van der Waals surface area contributed by atoms with E-state index in [1.54, 1.807) is 25.3 Å². The molecule has 164 valence electrons. The Balaban J connectivity index is 1.85. The average Bonchev–Trinajstić information content (AvgIpc) is 2.76. The van der Waals surface area contributed by atoms with Crippen LogP contribution in [0.5, 0.6) is 5.75 Å². The Hall–Kier alpha value is -2.81. The number of likely N-dealkylation sites (tertiary alicyclic amines) is 1. The molecule has 2 aliphatic rings. The normalized spacial score (nSPS) is 21.7. The summed E-state index contributed by atoms with van der Waals surface area (Å²) in [6.45, 7) is 1.23. The maximum Gasteiger partial charge on any atom is 0.335 e. The molecule has 0 bridgehead atoms.